The lowest BCUT2D eigenvalue weighted by Gasteiger charge is -2.18. The fourth-order valence-corrected chi connectivity index (χ4v) is 1.22. The first-order chi connectivity index (χ1) is 8.13. The number of hydrogen-bond acceptors (Lipinski definition) is 4. The molecule has 0 spiro atoms. The van der Waals surface area contributed by atoms with Crippen molar-refractivity contribution >= 4 is 11.9 Å². The number of aliphatic hydroxyl groups excluding tert-OH is 1. The van der Waals surface area contributed by atoms with Crippen LogP contribution in [0.4, 0.5) is 4.79 Å². The number of nitrogens with one attached hydrogen (secondary N) is 2. The Bertz CT molecular complexity index is 256. The molecule has 0 saturated carbocycles. The Balaban J connectivity index is 3.88. The van der Waals surface area contributed by atoms with Gasteiger partial charge in [-0.2, -0.15) is 0 Å². The zero-order valence-corrected chi connectivity index (χ0v) is 10.2. The number of carbonyl (C=O) groups is 2. The standard InChI is InChI=1S/C11H21N3O3/c1-3-6-12-11(17)13-10(16)9-14(4-2)7-5-8-15/h3,15H,1,4-9H2,2H3,(H2,12,13,16,17). The molecule has 0 unspecified atom stereocenters. The number of hydrogen-bond donors (Lipinski definition) is 3. The lowest BCUT2D eigenvalue weighted by atomic mass is 10.3. The van der Waals surface area contributed by atoms with Crippen LogP contribution in [0.3, 0.4) is 0 Å². The molecule has 0 rings (SSSR count). The van der Waals surface area contributed by atoms with Crippen LogP contribution < -0.4 is 10.6 Å². The predicted molar refractivity (Wildman–Crippen MR) is 65.6 cm³/mol. The van der Waals surface area contributed by atoms with E-state index in [1.807, 2.05) is 11.8 Å². The van der Waals surface area contributed by atoms with Crippen LogP contribution in [0.1, 0.15) is 13.3 Å². The van der Waals surface area contributed by atoms with Gasteiger partial charge in [0.1, 0.15) is 0 Å². The molecular formula is C11H21N3O3. The minimum absolute atomic E-state index is 0.0952. The van der Waals surface area contributed by atoms with Crippen LogP contribution in [0.15, 0.2) is 12.7 Å². The number of aliphatic hydroxyl groups is 1. The van der Waals surface area contributed by atoms with Gasteiger partial charge < -0.3 is 10.4 Å². The van der Waals surface area contributed by atoms with Gasteiger partial charge >= 0.3 is 6.03 Å². The predicted octanol–water partition coefficient (Wildman–Crippen LogP) is -0.297. The summed E-state index contributed by atoms with van der Waals surface area (Å²) in [5.41, 5.74) is 0. The molecule has 6 nitrogen and oxygen atoms in total. The van der Waals surface area contributed by atoms with Gasteiger partial charge in [-0.15, -0.1) is 6.58 Å². The summed E-state index contributed by atoms with van der Waals surface area (Å²) < 4.78 is 0. The van der Waals surface area contributed by atoms with Crippen molar-refractivity contribution in [3.63, 3.8) is 0 Å². The topological polar surface area (TPSA) is 81.7 Å². The molecule has 0 aliphatic carbocycles. The van der Waals surface area contributed by atoms with Crippen LogP contribution in [0, 0.1) is 0 Å². The smallest absolute Gasteiger partial charge is 0.321 e. The lowest BCUT2D eigenvalue weighted by molar-refractivity contribution is -0.121. The fourth-order valence-electron chi connectivity index (χ4n) is 1.22. The number of carbonyl (C=O) groups excluding carboxylic acids is 2. The monoisotopic (exact) mass is 243 g/mol. The number of rotatable bonds is 8. The van der Waals surface area contributed by atoms with Crippen LogP contribution >= 0.6 is 0 Å². The van der Waals surface area contributed by atoms with Gasteiger partial charge in [0.2, 0.25) is 5.91 Å². The highest BCUT2D eigenvalue weighted by Crippen LogP contribution is 1.90. The van der Waals surface area contributed by atoms with Crippen molar-refractivity contribution in [2.75, 3.05) is 32.8 Å². The Morgan fingerprint density at radius 1 is 1.47 bits per heavy atom. The Hall–Kier alpha value is -1.40. The molecule has 0 bridgehead atoms. The van der Waals surface area contributed by atoms with Crippen LogP contribution in [-0.2, 0) is 4.79 Å². The van der Waals surface area contributed by atoms with Crippen LogP contribution in [0.2, 0.25) is 0 Å². The number of urea groups is 1. The molecule has 3 amide bonds. The quantitative estimate of drug-likeness (QED) is 0.511. The van der Waals surface area contributed by atoms with E-state index in [-0.39, 0.29) is 19.1 Å². The van der Waals surface area contributed by atoms with E-state index in [0.29, 0.717) is 26.1 Å². The maximum absolute atomic E-state index is 11.4. The van der Waals surface area contributed by atoms with Crippen molar-refractivity contribution in [1.82, 2.24) is 15.5 Å². The van der Waals surface area contributed by atoms with Gasteiger partial charge in [0.25, 0.3) is 0 Å². The molecule has 17 heavy (non-hydrogen) atoms. The van der Waals surface area contributed by atoms with E-state index in [2.05, 4.69) is 17.2 Å². The molecule has 0 aliphatic rings. The maximum Gasteiger partial charge on any atom is 0.321 e. The number of likely N-dealkylation sites (N-methyl/N-ethyl adjacent to an activating group) is 1. The summed E-state index contributed by atoms with van der Waals surface area (Å²) in [5.74, 6) is -0.355. The zero-order valence-electron chi connectivity index (χ0n) is 10.2. The highest BCUT2D eigenvalue weighted by Gasteiger charge is 2.10. The molecule has 6 heteroatoms. The Labute approximate surface area is 102 Å². The van der Waals surface area contributed by atoms with Crippen LogP contribution in [-0.4, -0.2) is 54.7 Å². The largest absolute Gasteiger partial charge is 0.396 e. The average Bonchev–Trinajstić information content (AvgIpc) is 2.31. The third-order valence-electron chi connectivity index (χ3n) is 2.11. The van der Waals surface area contributed by atoms with E-state index in [9.17, 15) is 9.59 Å². The second-order valence-electron chi connectivity index (χ2n) is 3.49. The summed E-state index contributed by atoms with van der Waals surface area (Å²) in [4.78, 5) is 24.4. The van der Waals surface area contributed by atoms with Gasteiger partial charge in [0.05, 0.1) is 6.54 Å². The van der Waals surface area contributed by atoms with Crippen LogP contribution in [0.5, 0.6) is 0 Å². The van der Waals surface area contributed by atoms with Gasteiger partial charge in [-0.1, -0.05) is 13.0 Å². The molecule has 0 heterocycles. The molecule has 0 aromatic heterocycles. The van der Waals surface area contributed by atoms with Gasteiger partial charge in [-0.3, -0.25) is 15.0 Å². The number of amides is 3. The molecule has 0 saturated heterocycles. The summed E-state index contributed by atoms with van der Waals surface area (Å²) >= 11 is 0. The number of nitrogens with zero attached hydrogens (tertiary/aromatic N) is 1. The summed E-state index contributed by atoms with van der Waals surface area (Å²) in [6.07, 6.45) is 2.15. The molecule has 0 aliphatic heterocycles. The normalized spacial score (nSPS) is 10.1. The summed E-state index contributed by atoms with van der Waals surface area (Å²) in [5, 5.41) is 13.4. The van der Waals surface area contributed by atoms with Crippen molar-refractivity contribution in [1.29, 1.82) is 0 Å². The highest BCUT2D eigenvalue weighted by molar-refractivity contribution is 5.95. The minimum atomic E-state index is -0.520. The Morgan fingerprint density at radius 2 is 2.18 bits per heavy atom. The van der Waals surface area contributed by atoms with Crippen molar-refractivity contribution < 1.29 is 14.7 Å². The fraction of sp³-hybridized carbons (Fsp3) is 0.636. The van der Waals surface area contributed by atoms with E-state index < -0.39 is 6.03 Å². The molecular weight excluding hydrogens is 222 g/mol. The third-order valence-corrected chi connectivity index (χ3v) is 2.11. The van der Waals surface area contributed by atoms with E-state index in [1.165, 1.54) is 6.08 Å². The van der Waals surface area contributed by atoms with Crippen molar-refractivity contribution in [2.24, 2.45) is 0 Å². The van der Waals surface area contributed by atoms with Gasteiger partial charge in [0, 0.05) is 19.7 Å². The molecule has 0 radical (unpaired) electrons. The van der Waals surface area contributed by atoms with Crippen molar-refractivity contribution in [3.05, 3.63) is 12.7 Å². The van der Waals surface area contributed by atoms with Gasteiger partial charge in [-0.05, 0) is 13.0 Å². The first kappa shape index (κ1) is 15.6. The van der Waals surface area contributed by atoms with Gasteiger partial charge in [0.15, 0.2) is 0 Å². The second kappa shape index (κ2) is 9.80. The molecule has 0 aromatic rings. The zero-order chi connectivity index (χ0) is 13.1. The van der Waals surface area contributed by atoms with E-state index in [1.54, 1.807) is 0 Å². The SMILES string of the molecule is C=CCNC(=O)NC(=O)CN(CC)CCCO. The molecule has 3 N–H and O–H groups in total. The van der Waals surface area contributed by atoms with E-state index in [0.717, 1.165) is 0 Å². The lowest BCUT2D eigenvalue weighted by Crippen LogP contribution is -2.44. The second-order valence-corrected chi connectivity index (χ2v) is 3.49. The Morgan fingerprint density at radius 3 is 2.71 bits per heavy atom. The van der Waals surface area contributed by atoms with Crippen LogP contribution in [0.25, 0.3) is 0 Å². The minimum Gasteiger partial charge on any atom is -0.396 e. The molecule has 0 fully saturated rings. The van der Waals surface area contributed by atoms with E-state index in [4.69, 9.17) is 5.11 Å². The van der Waals surface area contributed by atoms with Crippen molar-refractivity contribution in [2.45, 2.75) is 13.3 Å². The number of imide groups is 1. The molecule has 0 atom stereocenters. The highest BCUT2D eigenvalue weighted by atomic mass is 16.3. The van der Waals surface area contributed by atoms with Crippen molar-refractivity contribution in [3.8, 4) is 0 Å². The average molecular weight is 243 g/mol. The van der Waals surface area contributed by atoms with E-state index >= 15 is 0 Å². The summed E-state index contributed by atoms with van der Waals surface area (Å²) in [6.45, 7) is 7.26. The third kappa shape index (κ3) is 8.41. The maximum atomic E-state index is 11.4. The first-order valence-electron chi connectivity index (χ1n) is 5.65. The molecule has 0 aromatic carbocycles. The summed E-state index contributed by atoms with van der Waals surface area (Å²) in [7, 11) is 0. The molecule has 98 valence electrons. The van der Waals surface area contributed by atoms with Gasteiger partial charge in [-0.25, -0.2) is 4.79 Å². The Kier molecular flexibility index (Phi) is 8.99. The first-order valence-corrected chi connectivity index (χ1v) is 5.65. The summed E-state index contributed by atoms with van der Waals surface area (Å²) in [6, 6.07) is -0.520.